The van der Waals surface area contributed by atoms with Crippen LogP contribution in [0.2, 0.25) is 0 Å². The molecule has 0 bridgehead atoms. The summed E-state index contributed by atoms with van der Waals surface area (Å²) in [6, 6.07) is 6.35. The third-order valence-corrected chi connectivity index (χ3v) is 5.20. The average Bonchev–Trinajstić information content (AvgIpc) is 2.56. The first-order chi connectivity index (χ1) is 11.1. The molecule has 7 heteroatoms. The Labute approximate surface area is 153 Å². The maximum Gasteiger partial charge on any atom is 0.220 e. The van der Waals surface area contributed by atoms with E-state index in [1.807, 2.05) is 0 Å². The minimum absolute atomic E-state index is 0. The van der Waals surface area contributed by atoms with Gasteiger partial charge in [0.2, 0.25) is 5.91 Å². The van der Waals surface area contributed by atoms with E-state index in [0.29, 0.717) is 25.3 Å². The van der Waals surface area contributed by atoms with Crippen molar-refractivity contribution < 1.29 is 13.9 Å². The number of carbonyl (C=O) groups is 1. The van der Waals surface area contributed by atoms with Gasteiger partial charge in [-0.15, -0.1) is 24.2 Å². The number of ether oxygens (including phenoxy) is 1. The molecule has 0 aromatic heterocycles. The Morgan fingerprint density at radius 2 is 2.00 bits per heavy atom. The fourth-order valence-corrected chi connectivity index (χ4v) is 3.65. The highest BCUT2D eigenvalue weighted by atomic mass is 35.5. The van der Waals surface area contributed by atoms with Crippen molar-refractivity contribution in [1.29, 1.82) is 0 Å². The molecular formula is C17H26ClFN2O2S. The van der Waals surface area contributed by atoms with Gasteiger partial charge in [0.15, 0.2) is 0 Å². The third-order valence-electron chi connectivity index (χ3n) is 4.19. The second-order valence-electron chi connectivity index (χ2n) is 6.01. The van der Waals surface area contributed by atoms with Crippen LogP contribution in [0, 0.1) is 11.2 Å². The van der Waals surface area contributed by atoms with E-state index in [9.17, 15) is 9.18 Å². The van der Waals surface area contributed by atoms with Crippen LogP contribution in [0.3, 0.4) is 0 Å². The van der Waals surface area contributed by atoms with E-state index in [-0.39, 0.29) is 29.5 Å². The summed E-state index contributed by atoms with van der Waals surface area (Å²) >= 11 is 1.57. The predicted molar refractivity (Wildman–Crippen MR) is 98.4 cm³/mol. The van der Waals surface area contributed by atoms with Crippen LogP contribution in [-0.4, -0.2) is 45.0 Å². The highest BCUT2D eigenvalue weighted by molar-refractivity contribution is 7.99. The number of amides is 1. The Morgan fingerprint density at radius 3 is 2.62 bits per heavy atom. The maximum absolute atomic E-state index is 12.8. The van der Waals surface area contributed by atoms with E-state index in [1.165, 1.54) is 12.1 Å². The number of rotatable bonds is 8. The third kappa shape index (κ3) is 6.97. The van der Waals surface area contributed by atoms with Gasteiger partial charge in [-0.3, -0.25) is 4.79 Å². The summed E-state index contributed by atoms with van der Waals surface area (Å²) < 4.78 is 18.2. The Kier molecular flexibility index (Phi) is 9.66. The number of hydrogen-bond donors (Lipinski definition) is 2. The Hall–Kier alpha value is -0.820. The Balaban J connectivity index is 0.00000288. The summed E-state index contributed by atoms with van der Waals surface area (Å²) in [5, 5.41) is 6.40. The predicted octanol–water partition coefficient (Wildman–Crippen LogP) is 2.86. The first-order valence-corrected chi connectivity index (χ1v) is 8.97. The standard InChI is InChI=1S/C17H25FN2O2S.ClH/c1-22-13-17(7-9-19-10-8-17)12-20-16(21)6-11-23-15-4-2-14(18)3-5-15;/h2-5,19H,6-13H2,1H3,(H,20,21);1H. The fraction of sp³-hybridized carbons (Fsp3) is 0.588. The zero-order valence-electron chi connectivity index (χ0n) is 14.0. The monoisotopic (exact) mass is 376 g/mol. The zero-order valence-corrected chi connectivity index (χ0v) is 15.6. The molecule has 0 saturated carbocycles. The van der Waals surface area contributed by atoms with Crippen LogP contribution in [0.4, 0.5) is 4.39 Å². The van der Waals surface area contributed by atoms with Crippen LogP contribution < -0.4 is 10.6 Å². The van der Waals surface area contributed by atoms with Crippen molar-refractivity contribution >= 4 is 30.1 Å². The summed E-state index contributed by atoms with van der Waals surface area (Å²) in [5.74, 6) is 0.516. The van der Waals surface area contributed by atoms with E-state index < -0.39 is 0 Å². The molecule has 2 N–H and O–H groups in total. The molecule has 2 rings (SSSR count). The van der Waals surface area contributed by atoms with E-state index in [2.05, 4.69) is 10.6 Å². The van der Waals surface area contributed by atoms with Crippen LogP contribution in [0.1, 0.15) is 19.3 Å². The summed E-state index contributed by atoms with van der Waals surface area (Å²) in [6.45, 7) is 3.29. The van der Waals surface area contributed by atoms with E-state index in [0.717, 1.165) is 30.8 Å². The molecule has 1 heterocycles. The zero-order chi connectivity index (χ0) is 16.5. The number of hydrogen-bond acceptors (Lipinski definition) is 4. The minimum atomic E-state index is -0.238. The van der Waals surface area contributed by atoms with Crippen molar-refractivity contribution in [2.24, 2.45) is 5.41 Å². The number of halogens is 2. The van der Waals surface area contributed by atoms with Crippen molar-refractivity contribution in [2.75, 3.05) is 39.1 Å². The molecule has 1 aromatic carbocycles. The Bertz CT molecular complexity index is 490. The molecular weight excluding hydrogens is 351 g/mol. The van der Waals surface area contributed by atoms with Gasteiger partial charge in [-0.2, -0.15) is 0 Å². The number of thioether (sulfide) groups is 1. The molecule has 4 nitrogen and oxygen atoms in total. The lowest BCUT2D eigenvalue weighted by Gasteiger charge is -2.37. The van der Waals surface area contributed by atoms with E-state index in [4.69, 9.17) is 4.74 Å². The number of nitrogens with one attached hydrogen (secondary N) is 2. The molecule has 0 aliphatic carbocycles. The van der Waals surface area contributed by atoms with E-state index >= 15 is 0 Å². The highest BCUT2D eigenvalue weighted by Gasteiger charge is 2.32. The van der Waals surface area contributed by atoms with Crippen molar-refractivity contribution in [3.05, 3.63) is 30.1 Å². The normalized spacial score (nSPS) is 16.2. The van der Waals surface area contributed by atoms with Gasteiger partial charge >= 0.3 is 0 Å². The second-order valence-corrected chi connectivity index (χ2v) is 7.18. The molecule has 136 valence electrons. The van der Waals surface area contributed by atoms with Crippen molar-refractivity contribution in [1.82, 2.24) is 10.6 Å². The molecule has 1 aromatic rings. The van der Waals surface area contributed by atoms with Crippen LogP contribution in [-0.2, 0) is 9.53 Å². The summed E-state index contributed by atoms with van der Waals surface area (Å²) in [4.78, 5) is 13.0. The van der Waals surface area contributed by atoms with Crippen LogP contribution in [0.15, 0.2) is 29.2 Å². The minimum Gasteiger partial charge on any atom is -0.384 e. The first kappa shape index (κ1) is 21.2. The molecule has 1 aliphatic rings. The van der Waals surface area contributed by atoms with Crippen molar-refractivity contribution in [2.45, 2.75) is 24.2 Å². The van der Waals surface area contributed by atoms with Gasteiger partial charge in [0.05, 0.1) is 6.61 Å². The lowest BCUT2D eigenvalue weighted by atomic mass is 9.79. The lowest BCUT2D eigenvalue weighted by molar-refractivity contribution is -0.121. The topological polar surface area (TPSA) is 50.4 Å². The molecule has 1 fully saturated rings. The largest absolute Gasteiger partial charge is 0.384 e. The molecule has 1 amide bonds. The highest BCUT2D eigenvalue weighted by Crippen LogP contribution is 2.28. The molecule has 0 radical (unpaired) electrons. The molecule has 0 atom stereocenters. The van der Waals surface area contributed by atoms with Gasteiger partial charge in [0.1, 0.15) is 5.82 Å². The van der Waals surface area contributed by atoms with Crippen molar-refractivity contribution in [3.8, 4) is 0 Å². The second kappa shape index (κ2) is 10.9. The Morgan fingerprint density at radius 1 is 1.33 bits per heavy atom. The van der Waals surface area contributed by atoms with Gasteiger partial charge < -0.3 is 15.4 Å². The van der Waals surface area contributed by atoms with Gasteiger partial charge in [-0.1, -0.05) is 0 Å². The number of piperidine rings is 1. The maximum atomic E-state index is 12.8. The fourth-order valence-electron chi connectivity index (χ4n) is 2.80. The van der Waals surface area contributed by atoms with Gasteiger partial charge in [0.25, 0.3) is 0 Å². The average molecular weight is 377 g/mol. The first-order valence-electron chi connectivity index (χ1n) is 7.98. The summed E-state index contributed by atoms with van der Waals surface area (Å²) in [5.41, 5.74) is 0.0553. The lowest BCUT2D eigenvalue weighted by Crippen LogP contribution is -2.47. The summed E-state index contributed by atoms with van der Waals surface area (Å²) in [6.07, 6.45) is 2.50. The number of methoxy groups -OCH3 is 1. The van der Waals surface area contributed by atoms with Crippen LogP contribution >= 0.6 is 24.2 Å². The number of benzene rings is 1. The SMILES string of the molecule is COCC1(CNC(=O)CCSc2ccc(F)cc2)CCNCC1.Cl. The summed E-state index contributed by atoms with van der Waals surface area (Å²) in [7, 11) is 1.71. The van der Waals surface area contributed by atoms with Crippen LogP contribution in [0.25, 0.3) is 0 Å². The van der Waals surface area contributed by atoms with Gasteiger partial charge in [0, 0.05) is 36.1 Å². The molecule has 1 aliphatic heterocycles. The molecule has 0 unspecified atom stereocenters. The van der Waals surface area contributed by atoms with Crippen LogP contribution in [0.5, 0.6) is 0 Å². The molecule has 0 spiro atoms. The van der Waals surface area contributed by atoms with E-state index in [1.54, 1.807) is 31.0 Å². The van der Waals surface area contributed by atoms with Gasteiger partial charge in [-0.25, -0.2) is 4.39 Å². The van der Waals surface area contributed by atoms with Crippen molar-refractivity contribution in [3.63, 3.8) is 0 Å². The molecule has 24 heavy (non-hydrogen) atoms. The van der Waals surface area contributed by atoms with Gasteiger partial charge in [-0.05, 0) is 50.2 Å². The smallest absolute Gasteiger partial charge is 0.220 e. The number of carbonyl (C=O) groups excluding carboxylic acids is 1. The quantitative estimate of drug-likeness (QED) is 0.685. The molecule has 1 saturated heterocycles.